The summed E-state index contributed by atoms with van der Waals surface area (Å²) in [5.41, 5.74) is 0.999. The highest BCUT2D eigenvalue weighted by Gasteiger charge is 2.14. The van der Waals surface area contributed by atoms with Gasteiger partial charge in [0.1, 0.15) is 6.07 Å². The van der Waals surface area contributed by atoms with E-state index in [1.54, 1.807) is 18.2 Å². The normalized spacial score (nSPS) is 18.3. The first-order chi connectivity index (χ1) is 9.69. The van der Waals surface area contributed by atoms with Gasteiger partial charge in [-0.15, -0.1) is 0 Å². The van der Waals surface area contributed by atoms with E-state index in [1.807, 2.05) is 6.07 Å². The summed E-state index contributed by atoms with van der Waals surface area (Å²) >= 11 is 5.85. The molecule has 1 amide bonds. The number of piperidine rings is 1. The molecule has 1 fully saturated rings. The van der Waals surface area contributed by atoms with Crippen LogP contribution in [0.2, 0.25) is 5.02 Å². The number of nitriles is 1. The molecule has 4 nitrogen and oxygen atoms in total. The molecule has 1 aromatic rings. The van der Waals surface area contributed by atoms with Gasteiger partial charge >= 0.3 is 0 Å². The molecule has 0 saturated carbocycles. The lowest BCUT2D eigenvalue weighted by atomic mass is 9.94. The minimum absolute atomic E-state index is 0.0122. The zero-order chi connectivity index (χ0) is 14.4. The summed E-state index contributed by atoms with van der Waals surface area (Å²) in [6.45, 7) is 2.09. The van der Waals surface area contributed by atoms with Crippen molar-refractivity contribution in [2.75, 3.05) is 18.4 Å². The Bertz CT molecular complexity index is 518. The third kappa shape index (κ3) is 4.22. The van der Waals surface area contributed by atoms with Crippen LogP contribution in [0.25, 0.3) is 0 Å². The first-order valence-corrected chi connectivity index (χ1v) is 7.27. The summed E-state index contributed by atoms with van der Waals surface area (Å²) in [6.07, 6.45) is 3.79. The number of benzene rings is 1. The minimum atomic E-state index is -0.0122. The molecule has 0 aliphatic carbocycles. The highest BCUT2D eigenvalue weighted by atomic mass is 35.5. The zero-order valence-corrected chi connectivity index (χ0v) is 12.0. The fourth-order valence-corrected chi connectivity index (χ4v) is 2.58. The number of nitrogens with zero attached hydrogens (tertiary/aromatic N) is 1. The largest absolute Gasteiger partial charge is 0.326 e. The molecule has 1 heterocycles. The third-order valence-electron chi connectivity index (χ3n) is 3.55. The summed E-state index contributed by atoms with van der Waals surface area (Å²) in [4.78, 5) is 11.9. The van der Waals surface area contributed by atoms with Crippen LogP contribution in [-0.2, 0) is 4.79 Å². The topological polar surface area (TPSA) is 64.9 Å². The van der Waals surface area contributed by atoms with Crippen molar-refractivity contribution < 1.29 is 4.79 Å². The second kappa shape index (κ2) is 7.28. The van der Waals surface area contributed by atoms with E-state index in [4.69, 9.17) is 16.9 Å². The van der Waals surface area contributed by atoms with E-state index in [9.17, 15) is 4.79 Å². The molecule has 0 aromatic heterocycles. The molecule has 0 spiro atoms. The average Bonchev–Trinajstić information content (AvgIpc) is 2.48. The molecular weight excluding hydrogens is 274 g/mol. The van der Waals surface area contributed by atoms with Crippen LogP contribution in [0.15, 0.2) is 18.2 Å². The first-order valence-electron chi connectivity index (χ1n) is 6.89. The predicted molar refractivity (Wildman–Crippen MR) is 79.6 cm³/mol. The summed E-state index contributed by atoms with van der Waals surface area (Å²) in [5, 5.41) is 15.5. The van der Waals surface area contributed by atoms with Crippen molar-refractivity contribution in [3.05, 3.63) is 28.8 Å². The Balaban J connectivity index is 1.83. The average molecular weight is 292 g/mol. The third-order valence-corrected chi connectivity index (χ3v) is 3.88. The van der Waals surface area contributed by atoms with Crippen molar-refractivity contribution >= 4 is 23.2 Å². The summed E-state index contributed by atoms with van der Waals surface area (Å²) in [7, 11) is 0. The van der Waals surface area contributed by atoms with Crippen molar-refractivity contribution in [2.24, 2.45) is 5.92 Å². The number of halogens is 1. The molecule has 1 atom stereocenters. The molecule has 1 unspecified atom stereocenters. The molecular formula is C15H18ClN3O. The number of carbonyl (C=O) groups excluding carboxylic acids is 1. The van der Waals surface area contributed by atoms with Crippen LogP contribution in [0.5, 0.6) is 0 Å². The molecule has 20 heavy (non-hydrogen) atoms. The van der Waals surface area contributed by atoms with E-state index in [-0.39, 0.29) is 5.91 Å². The Kier molecular flexibility index (Phi) is 5.40. The number of carbonyl (C=O) groups is 1. The van der Waals surface area contributed by atoms with Gasteiger partial charge < -0.3 is 10.6 Å². The van der Waals surface area contributed by atoms with Crippen LogP contribution in [0, 0.1) is 17.2 Å². The lowest BCUT2D eigenvalue weighted by Gasteiger charge is -2.22. The Morgan fingerprint density at radius 2 is 2.40 bits per heavy atom. The predicted octanol–water partition coefficient (Wildman–Crippen LogP) is 2.93. The van der Waals surface area contributed by atoms with Gasteiger partial charge in [-0.2, -0.15) is 5.26 Å². The Labute approximate surface area is 124 Å². The van der Waals surface area contributed by atoms with Gasteiger partial charge in [-0.1, -0.05) is 11.6 Å². The van der Waals surface area contributed by atoms with Crippen molar-refractivity contribution in [1.82, 2.24) is 5.32 Å². The summed E-state index contributed by atoms with van der Waals surface area (Å²) in [5.74, 6) is 0.580. The van der Waals surface area contributed by atoms with Gasteiger partial charge in [0.15, 0.2) is 0 Å². The number of hydrogen-bond donors (Lipinski definition) is 2. The van der Waals surface area contributed by atoms with Gasteiger partial charge in [0, 0.05) is 12.1 Å². The molecule has 2 rings (SSSR count). The number of rotatable bonds is 4. The molecule has 0 bridgehead atoms. The fraction of sp³-hybridized carbons (Fsp3) is 0.467. The van der Waals surface area contributed by atoms with Crippen molar-refractivity contribution in [3.8, 4) is 6.07 Å². The van der Waals surface area contributed by atoms with Crippen molar-refractivity contribution in [1.29, 1.82) is 5.26 Å². The fourth-order valence-electron chi connectivity index (χ4n) is 2.42. The number of hydrogen-bond acceptors (Lipinski definition) is 3. The van der Waals surface area contributed by atoms with Crippen molar-refractivity contribution in [2.45, 2.75) is 25.7 Å². The lowest BCUT2D eigenvalue weighted by molar-refractivity contribution is -0.116. The van der Waals surface area contributed by atoms with Gasteiger partial charge in [0.25, 0.3) is 0 Å². The van der Waals surface area contributed by atoms with E-state index < -0.39 is 0 Å². The molecule has 1 aliphatic rings. The van der Waals surface area contributed by atoms with E-state index in [2.05, 4.69) is 10.6 Å². The maximum absolute atomic E-state index is 11.9. The van der Waals surface area contributed by atoms with Crippen LogP contribution < -0.4 is 10.6 Å². The molecule has 1 saturated heterocycles. The van der Waals surface area contributed by atoms with Crippen LogP contribution >= 0.6 is 11.6 Å². The van der Waals surface area contributed by atoms with Crippen LogP contribution in [0.1, 0.15) is 31.2 Å². The Morgan fingerprint density at radius 3 is 3.10 bits per heavy atom. The second-order valence-corrected chi connectivity index (χ2v) is 5.51. The van der Waals surface area contributed by atoms with E-state index >= 15 is 0 Å². The van der Waals surface area contributed by atoms with Gasteiger partial charge in [0.05, 0.1) is 10.6 Å². The van der Waals surface area contributed by atoms with Gasteiger partial charge in [0.2, 0.25) is 5.91 Å². The van der Waals surface area contributed by atoms with Gasteiger partial charge in [-0.3, -0.25) is 4.79 Å². The monoisotopic (exact) mass is 291 g/mol. The van der Waals surface area contributed by atoms with Gasteiger partial charge in [-0.25, -0.2) is 0 Å². The first kappa shape index (κ1) is 14.8. The van der Waals surface area contributed by atoms with Gasteiger partial charge in [-0.05, 0) is 56.5 Å². The molecule has 1 aromatic carbocycles. The van der Waals surface area contributed by atoms with Crippen molar-refractivity contribution in [3.63, 3.8) is 0 Å². The summed E-state index contributed by atoms with van der Waals surface area (Å²) < 4.78 is 0. The van der Waals surface area contributed by atoms with Crippen LogP contribution in [0.4, 0.5) is 5.69 Å². The molecule has 5 heteroatoms. The SMILES string of the molecule is N#Cc1cc(NC(=O)CCC2CCCNC2)ccc1Cl. The number of nitrogens with one attached hydrogen (secondary N) is 2. The summed E-state index contributed by atoms with van der Waals surface area (Å²) in [6, 6.07) is 6.94. The quantitative estimate of drug-likeness (QED) is 0.896. The molecule has 2 N–H and O–H groups in total. The molecule has 1 aliphatic heterocycles. The number of amides is 1. The maximum atomic E-state index is 11.9. The molecule has 106 valence electrons. The second-order valence-electron chi connectivity index (χ2n) is 5.11. The zero-order valence-electron chi connectivity index (χ0n) is 11.3. The minimum Gasteiger partial charge on any atom is -0.326 e. The maximum Gasteiger partial charge on any atom is 0.224 e. The lowest BCUT2D eigenvalue weighted by Crippen LogP contribution is -2.30. The Morgan fingerprint density at radius 1 is 1.55 bits per heavy atom. The Hall–Kier alpha value is -1.57. The van der Waals surface area contributed by atoms with E-state index in [0.717, 1.165) is 19.5 Å². The highest BCUT2D eigenvalue weighted by molar-refractivity contribution is 6.31. The molecule has 0 radical (unpaired) electrons. The van der Waals surface area contributed by atoms with E-state index in [0.29, 0.717) is 28.6 Å². The van der Waals surface area contributed by atoms with E-state index in [1.165, 1.54) is 12.8 Å². The number of anilines is 1. The van der Waals surface area contributed by atoms with Crippen LogP contribution in [0.3, 0.4) is 0 Å². The smallest absolute Gasteiger partial charge is 0.224 e. The standard InChI is InChI=1S/C15H18ClN3O/c16-14-5-4-13(8-12(14)9-17)19-15(20)6-3-11-2-1-7-18-10-11/h4-5,8,11,18H,1-3,6-7,10H2,(H,19,20). The van der Waals surface area contributed by atoms with Crippen LogP contribution in [-0.4, -0.2) is 19.0 Å². The highest BCUT2D eigenvalue weighted by Crippen LogP contribution is 2.20.